The minimum absolute atomic E-state index is 0. The zero-order valence-corrected chi connectivity index (χ0v) is 10.3. The average molecular weight is 233 g/mol. The topological polar surface area (TPSA) is 112 Å². The summed E-state index contributed by atoms with van der Waals surface area (Å²) >= 11 is 0. The standard InChI is InChI=1S/C9H6O6.Na/c10-7(11)4-1-2-5(8(12)13)6(3-4)9(14)15;/h1-3H,(H,10,11)(H,12,13)(H,14,15);/q;+1. The quantitative estimate of drug-likeness (QED) is 0.510. The van der Waals surface area contributed by atoms with Crippen molar-refractivity contribution in [2.75, 3.05) is 0 Å². The third kappa shape index (κ3) is 3.06. The molecular formula is C9H6NaO6+. The van der Waals surface area contributed by atoms with E-state index in [-0.39, 0.29) is 35.1 Å². The van der Waals surface area contributed by atoms with Crippen LogP contribution in [-0.2, 0) is 0 Å². The first-order valence-corrected chi connectivity index (χ1v) is 3.77. The van der Waals surface area contributed by atoms with Crippen molar-refractivity contribution in [1.29, 1.82) is 0 Å². The van der Waals surface area contributed by atoms with Crippen molar-refractivity contribution in [3.05, 3.63) is 34.9 Å². The van der Waals surface area contributed by atoms with Crippen molar-refractivity contribution in [2.45, 2.75) is 0 Å². The largest absolute Gasteiger partial charge is 1.00 e. The Morgan fingerprint density at radius 2 is 1.31 bits per heavy atom. The Morgan fingerprint density at radius 3 is 1.69 bits per heavy atom. The zero-order valence-electron chi connectivity index (χ0n) is 8.30. The van der Waals surface area contributed by atoms with Crippen molar-refractivity contribution in [1.82, 2.24) is 0 Å². The van der Waals surface area contributed by atoms with Crippen molar-refractivity contribution in [3.63, 3.8) is 0 Å². The molecule has 7 heteroatoms. The predicted octanol–water partition coefficient (Wildman–Crippen LogP) is -2.21. The van der Waals surface area contributed by atoms with Gasteiger partial charge in [0, 0.05) is 0 Å². The molecule has 3 N–H and O–H groups in total. The van der Waals surface area contributed by atoms with Gasteiger partial charge in [0.1, 0.15) is 0 Å². The summed E-state index contributed by atoms with van der Waals surface area (Å²) in [7, 11) is 0. The van der Waals surface area contributed by atoms with Gasteiger partial charge in [0.25, 0.3) is 0 Å². The molecule has 16 heavy (non-hydrogen) atoms. The number of carboxylic acids is 3. The SMILES string of the molecule is O=C(O)c1ccc(C(=O)O)c(C(=O)O)c1.[Na+]. The van der Waals surface area contributed by atoms with Gasteiger partial charge in [-0.05, 0) is 18.2 Å². The van der Waals surface area contributed by atoms with E-state index in [4.69, 9.17) is 15.3 Å². The fraction of sp³-hybridized carbons (Fsp3) is 0. The number of hydrogen-bond acceptors (Lipinski definition) is 3. The van der Waals surface area contributed by atoms with E-state index in [2.05, 4.69) is 0 Å². The van der Waals surface area contributed by atoms with Crippen LogP contribution in [0.15, 0.2) is 18.2 Å². The number of aromatic carboxylic acids is 3. The molecule has 0 aromatic heterocycles. The van der Waals surface area contributed by atoms with Gasteiger partial charge in [-0.1, -0.05) is 0 Å². The van der Waals surface area contributed by atoms with Crippen molar-refractivity contribution >= 4 is 17.9 Å². The van der Waals surface area contributed by atoms with E-state index in [0.29, 0.717) is 0 Å². The summed E-state index contributed by atoms with van der Waals surface area (Å²) in [4.78, 5) is 31.8. The van der Waals surface area contributed by atoms with E-state index in [1.165, 1.54) is 0 Å². The van der Waals surface area contributed by atoms with Crippen LogP contribution in [0.1, 0.15) is 31.1 Å². The van der Waals surface area contributed by atoms with Crippen LogP contribution < -0.4 is 29.6 Å². The van der Waals surface area contributed by atoms with Crippen molar-refractivity contribution in [2.24, 2.45) is 0 Å². The Bertz CT molecular complexity index is 453. The second kappa shape index (κ2) is 5.64. The van der Waals surface area contributed by atoms with E-state index < -0.39 is 29.0 Å². The molecule has 0 atom stereocenters. The molecule has 0 aliphatic heterocycles. The summed E-state index contributed by atoms with van der Waals surface area (Å²) in [6.07, 6.45) is 0. The number of hydrogen-bond donors (Lipinski definition) is 3. The molecule has 0 amide bonds. The number of carboxylic acid groups (broad SMARTS) is 3. The van der Waals surface area contributed by atoms with Gasteiger partial charge >= 0.3 is 47.5 Å². The summed E-state index contributed by atoms with van der Waals surface area (Å²) in [5, 5.41) is 25.9. The van der Waals surface area contributed by atoms with Crippen LogP contribution in [0.2, 0.25) is 0 Å². The smallest absolute Gasteiger partial charge is 0.478 e. The van der Waals surface area contributed by atoms with Crippen LogP contribution in [0.3, 0.4) is 0 Å². The number of rotatable bonds is 3. The van der Waals surface area contributed by atoms with Gasteiger partial charge in [-0.2, -0.15) is 0 Å². The van der Waals surface area contributed by atoms with Crippen molar-refractivity contribution in [3.8, 4) is 0 Å². The molecule has 78 valence electrons. The van der Waals surface area contributed by atoms with Crippen LogP contribution in [0.4, 0.5) is 0 Å². The zero-order chi connectivity index (χ0) is 11.6. The molecule has 0 fully saturated rings. The van der Waals surface area contributed by atoms with Crippen LogP contribution in [-0.4, -0.2) is 33.2 Å². The third-order valence-electron chi connectivity index (χ3n) is 1.73. The minimum atomic E-state index is -1.48. The Morgan fingerprint density at radius 1 is 0.812 bits per heavy atom. The molecule has 1 aromatic carbocycles. The molecule has 0 saturated heterocycles. The second-order valence-electron chi connectivity index (χ2n) is 2.68. The van der Waals surface area contributed by atoms with Gasteiger partial charge in [0.15, 0.2) is 0 Å². The maximum Gasteiger partial charge on any atom is 1.00 e. The molecule has 0 spiro atoms. The molecule has 0 unspecified atom stereocenters. The van der Waals surface area contributed by atoms with Crippen LogP contribution in [0.25, 0.3) is 0 Å². The third-order valence-corrected chi connectivity index (χ3v) is 1.73. The molecule has 0 radical (unpaired) electrons. The Balaban J connectivity index is 0.00000225. The van der Waals surface area contributed by atoms with Gasteiger partial charge < -0.3 is 15.3 Å². The van der Waals surface area contributed by atoms with Crippen molar-refractivity contribution < 1.29 is 59.3 Å². The minimum Gasteiger partial charge on any atom is -0.478 e. The molecule has 0 bridgehead atoms. The first kappa shape index (κ1) is 14.6. The molecule has 6 nitrogen and oxygen atoms in total. The Labute approximate surface area is 112 Å². The summed E-state index contributed by atoms with van der Waals surface area (Å²) in [6, 6.07) is 2.81. The van der Waals surface area contributed by atoms with Gasteiger partial charge in [-0.25, -0.2) is 14.4 Å². The monoisotopic (exact) mass is 233 g/mol. The first-order valence-electron chi connectivity index (χ1n) is 3.77. The van der Waals surface area contributed by atoms with Gasteiger partial charge in [0.05, 0.1) is 16.7 Å². The fourth-order valence-corrected chi connectivity index (χ4v) is 1.04. The first-order chi connectivity index (χ1) is 6.93. The summed E-state index contributed by atoms with van der Waals surface area (Å²) in [6.45, 7) is 0. The molecule has 1 rings (SSSR count). The van der Waals surface area contributed by atoms with E-state index in [9.17, 15) is 14.4 Å². The maximum absolute atomic E-state index is 10.6. The summed E-state index contributed by atoms with van der Waals surface area (Å²) < 4.78 is 0. The van der Waals surface area contributed by atoms with E-state index >= 15 is 0 Å². The predicted molar refractivity (Wildman–Crippen MR) is 47.3 cm³/mol. The Hall–Kier alpha value is -1.37. The van der Waals surface area contributed by atoms with Gasteiger partial charge in [-0.15, -0.1) is 0 Å². The Kier molecular flexibility index (Phi) is 5.16. The number of carbonyl (C=O) groups is 3. The van der Waals surface area contributed by atoms with Crippen LogP contribution in [0, 0.1) is 0 Å². The van der Waals surface area contributed by atoms with Gasteiger partial charge in [0.2, 0.25) is 0 Å². The van der Waals surface area contributed by atoms with Gasteiger partial charge in [-0.3, -0.25) is 0 Å². The summed E-state index contributed by atoms with van der Waals surface area (Å²) in [5.74, 6) is -4.20. The molecular weight excluding hydrogens is 227 g/mol. The van der Waals surface area contributed by atoms with Crippen LogP contribution in [0.5, 0.6) is 0 Å². The van der Waals surface area contributed by atoms with E-state index in [1.807, 2.05) is 0 Å². The van der Waals surface area contributed by atoms with Crippen LogP contribution >= 0.6 is 0 Å². The summed E-state index contributed by atoms with van der Waals surface area (Å²) in [5.41, 5.74) is -1.24. The molecule has 0 aliphatic rings. The maximum atomic E-state index is 10.6. The molecule has 0 aliphatic carbocycles. The molecule has 0 heterocycles. The van der Waals surface area contributed by atoms with E-state index in [1.54, 1.807) is 0 Å². The fourth-order valence-electron chi connectivity index (χ4n) is 1.04. The van der Waals surface area contributed by atoms with E-state index in [0.717, 1.165) is 18.2 Å². The average Bonchev–Trinajstić information content (AvgIpc) is 2.16. The molecule has 0 saturated carbocycles. The second-order valence-corrected chi connectivity index (χ2v) is 2.68. The normalized spacial score (nSPS) is 9.00. The molecule has 1 aromatic rings. The number of benzene rings is 1.